The molecule has 34 heavy (non-hydrogen) atoms. The first-order valence-corrected chi connectivity index (χ1v) is 12.9. The van der Waals surface area contributed by atoms with E-state index in [0.29, 0.717) is 16.9 Å². The van der Waals surface area contributed by atoms with E-state index in [2.05, 4.69) is 5.32 Å². The van der Waals surface area contributed by atoms with Gasteiger partial charge in [0.25, 0.3) is 5.69 Å². The minimum absolute atomic E-state index is 0.0642. The number of nitrogens with one attached hydrogen (secondary N) is 1. The number of hydrogen-bond acceptors (Lipinski definition) is 8. The predicted octanol–water partition coefficient (Wildman–Crippen LogP) is 3.18. The first-order chi connectivity index (χ1) is 16.0. The summed E-state index contributed by atoms with van der Waals surface area (Å²) in [6.45, 7) is 4.00. The normalized spacial score (nSPS) is 12.4. The van der Waals surface area contributed by atoms with Crippen LogP contribution in [0.5, 0.6) is 5.75 Å². The summed E-state index contributed by atoms with van der Waals surface area (Å²) in [7, 11) is -2.75. The molecule has 1 unspecified atom stereocenters. The Morgan fingerprint density at radius 3 is 2.53 bits per heavy atom. The summed E-state index contributed by atoms with van der Waals surface area (Å²) in [6.07, 6.45) is 0.991. The molecule has 1 aromatic heterocycles. The van der Waals surface area contributed by atoms with Gasteiger partial charge in [-0.1, -0.05) is 18.3 Å². The van der Waals surface area contributed by atoms with Crippen LogP contribution in [0.25, 0.3) is 10.2 Å². The van der Waals surface area contributed by atoms with Crippen molar-refractivity contribution in [3.63, 3.8) is 0 Å². The molecule has 1 amide bonds. The number of carbonyl (C=O) groups is 1. The monoisotopic (exact) mass is 508 g/mol. The maximum Gasteiger partial charge on any atom is 0.308 e. The predicted molar refractivity (Wildman–Crippen MR) is 131 cm³/mol. The number of nitro benzene ring substituents is 1. The van der Waals surface area contributed by atoms with Crippen LogP contribution in [0, 0.1) is 10.1 Å². The van der Waals surface area contributed by atoms with Gasteiger partial charge in [-0.3, -0.25) is 28.6 Å². The van der Waals surface area contributed by atoms with Crippen molar-refractivity contribution in [2.75, 3.05) is 23.0 Å². The van der Waals surface area contributed by atoms with E-state index in [-0.39, 0.29) is 28.4 Å². The molecule has 0 aliphatic carbocycles. The van der Waals surface area contributed by atoms with Crippen LogP contribution in [0.2, 0.25) is 0 Å². The van der Waals surface area contributed by atoms with Crippen LogP contribution in [-0.4, -0.2) is 43.2 Å². The van der Waals surface area contributed by atoms with Crippen LogP contribution in [-0.2, 0) is 21.4 Å². The Hall–Kier alpha value is -3.45. The van der Waals surface area contributed by atoms with E-state index in [1.54, 1.807) is 29.7 Å². The van der Waals surface area contributed by atoms with Gasteiger partial charge in [0, 0.05) is 24.4 Å². The third-order valence-electron chi connectivity index (χ3n) is 5.19. The topological polar surface area (TPSA) is 141 Å². The minimum Gasteiger partial charge on any atom is -0.495 e. The van der Waals surface area contributed by atoms with Gasteiger partial charge in [-0.15, -0.1) is 0 Å². The van der Waals surface area contributed by atoms with Gasteiger partial charge in [-0.2, -0.15) is 0 Å². The smallest absolute Gasteiger partial charge is 0.308 e. The van der Waals surface area contributed by atoms with Gasteiger partial charge in [0.15, 0.2) is 0 Å². The molecular weight excluding hydrogens is 484 g/mol. The number of ether oxygens (including phenoxy) is 1. The van der Waals surface area contributed by atoms with E-state index in [0.717, 1.165) is 33.5 Å². The first kappa shape index (κ1) is 25.2. The molecule has 0 aliphatic rings. The highest BCUT2D eigenvalue weighted by molar-refractivity contribution is 7.92. The lowest BCUT2D eigenvalue weighted by Gasteiger charge is -2.30. The SMILES string of the molecule is CCC(C(=O)Nc1ccc2c(c1)sc(=O)n2CC)N(c1cc([N+](=O)[O-])ccc1OC)S(C)(=O)=O. The molecule has 13 heteroatoms. The number of nitro groups is 1. The zero-order valence-electron chi connectivity index (χ0n) is 19.0. The van der Waals surface area contributed by atoms with Crippen molar-refractivity contribution in [3.8, 4) is 5.75 Å². The number of rotatable bonds is 9. The van der Waals surface area contributed by atoms with E-state index in [4.69, 9.17) is 4.74 Å². The van der Waals surface area contributed by atoms with Crippen molar-refractivity contribution in [3.05, 3.63) is 56.2 Å². The van der Waals surface area contributed by atoms with Crippen LogP contribution in [0.1, 0.15) is 20.3 Å². The lowest BCUT2D eigenvalue weighted by molar-refractivity contribution is -0.384. The summed E-state index contributed by atoms with van der Waals surface area (Å²) in [5.74, 6) is -0.572. The van der Waals surface area contributed by atoms with Gasteiger partial charge in [0.1, 0.15) is 17.5 Å². The minimum atomic E-state index is -4.05. The van der Waals surface area contributed by atoms with Gasteiger partial charge in [0.05, 0.1) is 28.5 Å². The molecule has 182 valence electrons. The number of thiazole rings is 1. The molecule has 0 radical (unpaired) electrons. The number of aryl methyl sites for hydroxylation is 1. The highest BCUT2D eigenvalue weighted by Gasteiger charge is 2.34. The van der Waals surface area contributed by atoms with Gasteiger partial charge < -0.3 is 10.1 Å². The summed E-state index contributed by atoms with van der Waals surface area (Å²) in [5, 5.41) is 14.0. The summed E-state index contributed by atoms with van der Waals surface area (Å²) in [4.78, 5) is 35.9. The first-order valence-electron chi connectivity index (χ1n) is 10.3. The van der Waals surface area contributed by atoms with Crippen LogP contribution < -0.4 is 19.2 Å². The second kappa shape index (κ2) is 9.81. The Balaban J connectivity index is 2.03. The number of methoxy groups -OCH3 is 1. The number of fused-ring (bicyclic) bond motifs is 1. The van der Waals surface area contributed by atoms with E-state index in [9.17, 15) is 28.1 Å². The molecule has 0 aliphatic heterocycles. The molecule has 0 spiro atoms. The van der Waals surface area contributed by atoms with Crippen molar-refractivity contribution < 1.29 is 22.9 Å². The molecule has 1 heterocycles. The molecule has 11 nitrogen and oxygen atoms in total. The fourth-order valence-corrected chi connectivity index (χ4v) is 5.87. The molecule has 0 fully saturated rings. The number of hydrogen-bond donors (Lipinski definition) is 1. The van der Waals surface area contributed by atoms with Gasteiger partial charge in [-0.25, -0.2) is 8.42 Å². The lowest BCUT2D eigenvalue weighted by Crippen LogP contribution is -2.47. The van der Waals surface area contributed by atoms with Crippen molar-refractivity contribution >= 4 is 54.5 Å². The molecule has 2 aromatic carbocycles. The Morgan fingerprint density at radius 2 is 1.97 bits per heavy atom. The Labute approximate surface area is 199 Å². The largest absolute Gasteiger partial charge is 0.495 e. The Kier molecular flexibility index (Phi) is 7.26. The molecule has 0 saturated carbocycles. The quantitative estimate of drug-likeness (QED) is 0.346. The molecule has 0 saturated heterocycles. The molecule has 1 atom stereocenters. The zero-order valence-corrected chi connectivity index (χ0v) is 20.6. The number of anilines is 2. The summed E-state index contributed by atoms with van der Waals surface area (Å²) < 4.78 is 33.9. The summed E-state index contributed by atoms with van der Waals surface area (Å²) in [5.41, 5.74) is 0.664. The van der Waals surface area contributed by atoms with Crippen LogP contribution in [0.15, 0.2) is 41.2 Å². The van der Waals surface area contributed by atoms with E-state index in [1.807, 2.05) is 6.92 Å². The number of carbonyl (C=O) groups excluding carboxylic acids is 1. The molecule has 3 aromatic rings. The maximum atomic E-state index is 13.2. The lowest BCUT2D eigenvalue weighted by atomic mass is 10.1. The number of nitrogens with zero attached hydrogens (tertiary/aromatic N) is 3. The second-order valence-corrected chi connectivity index (χ2v) is 10.2. The number of benzene rings is 2. The third-order valence-corrected chi connectivity index (χ3v) is 7.30. The molecule has 3 rings (SSSR count). The average molecular weight is 509 g/mol. The molecule has 0 bridgehead atoms. The fraction of sp³-hybridized carbons (Fsp3) is 0.333. The zero-order chi connectivity index (χ0) is 25.2. The summed E-state index contributed by atoms with van der Waals surface area (Å²) in [6, 6.07) is 7.30. The van der Waals surface area contributed by atoms with Gasteiger partial charge >= 0.3 is 4.87 Å². The number of aromatic nitrogens is 1. The Morgan fingerprint density at radius 1 is 1.26 bits per heavy atom. The van der Waals surface area contributed by atoms with Crippen LogP contribution >= 0.6 is 11.3 Å². The van der Waals surface area contributed by atoms with Crippen LogP contribution in [0.4, 0.5) is 17.1 Å². The van der Waals surface area contributed by atoms with E-state index < -0.39 is 26.9 Å². The summed E-state index contributed by atoms with van der Waals surface area (Å²) >= 11 is 1.04. The number of non-ortho nitro benzene ring substituents is 1. The fourth-order valence-electron chi connectivity index (χ4n) is 3.67. The second-order valence-electron chi connectivity index (χ2n) is 7.38. The maximum absolute atomic E-state index is 13.2. The average Bonchev–Trinajstić information content (AvgIpc) is 3.09. The number of amides is 1. The van der Waals surface area contributed by atoms with Gasteiger partial charge in [0.2, 0.25) is 15.9 Å². The standard InChI is InChI=1S/C21H24N4O7S2/c1-5-15(20(26)22-13-7-9-16-19(11-13)33-21(27)23(16)6-2)24(34(4,30)31)17-12-14(25(28)29)8-10-18(17)32-3/h7-12,15H,5-6H2,1-4H3,(H,22,26). The third kappa shape index (κ3) is 4.89. The van der Waals surface area contributed by atoms with Crippen molar-refractivity contribution in [2.45, 2.75) is 32.9 Å². The van der Waals surface area contributed by atoms with Crippen LogP contribution in [0.3, 0.4) is 0 Å². The van der Waals surface area contributed by atoms with E-state index >= 15 is 0 Å². The molecular formula is C21H24N4O7S2. The Bertz CT molecular complexity index is 1410. The van der Waals surface area contributed by atoms with Gasteiger partial charge in [-0.05, 0) is 37.6 Å². The highest BCUT2D eigenvalue weighted by Crippen LogP contribution is 2.36. The number of sulfonamides is 1. The molecule has 1 N–H and O–H groups in total. The highest BCUT2D eigenvalue weighted by atomic mass is 32.2. The van der Waals surface area contributed by atoms with Crippen molar-refractivity contribution in [2.24, 2.45) is 0 Å². The van der Waals surface area contributed by atoms with Crippen molar-refractivity contribution in [1.82, 2.24) is 4.57 Å². The van der Waals surface area contributed by atoms with E-state index in [1.165, 1.54) is 19.2 Å². The van der Waals surface area contributed by atoms with Crippen molar-refractivity contribution in [1.29, 1.82) is 0 Å².